The number of benzene rings is 3. The molecular formula is C21H13BrCl2N2O2. The Labute approximate surface area is 180 Å². The summed E-state index contributed by atoms with van der Waals surface area (Å²) in [6, 6.07) is 16.1. The Morgan fingerprint density at radius 3 is 2.25 bits per heavy atom. The number of anilines is 1. The van der Waals surface area contributed by atoms with Crippen LogP contribution in [0.3, 0.4) is 0 Å². The standard InChI is InChI=1S/C21H13BrCl2N2O2/c1-11-18(24)17(22)10-16-19(11)26-21(27)20(16)25-13-4-8-15(9-5-13)28-14-6-2-12(23)3-7-14/h2-10H,1H3,(H,25,26,27). The number of carbonyl (C=O) groups is 1. The van der Waals surface area contributed by atoms with Crippen molar-refractivity contribution in [2.24, 2.45) is 4.99 Å². The monoisotopic (exact) mass is 474 g/mol. The van der Waals surface area contributed by atoms with E-state index in [1.54, 1.807) is 54.6 Å². The average Bonchev–Trinajstić information content (AvgIpc) is 2.99. The molecule has 1 aliphatic rings. The van der Waals surface area contributed by atoms with Gasteiger partial charge in [-0.3, -0.25) is 4.79 Å². The molecule has 0 saturated heterocycles. The molecule has 0 saturated carbocycles. The van der Waals surface area contributed by atoms with Crippen LogP contribution >= 0.6 is 39.1 Å². The number of ether oxygens (including phenoxy) is 1. The van der Waals surface area contributed by atoms with E-state index in [9.17, 15) is 4.79 Å². The van der Waals surface area contributed by atoms with Gasteiger partial charge in [-0.15, -0.1) is 0 Å². The molecule has 4 nitrogen and oxygen atoms in total. The van der Waals surface area contributed by atoms with E-state index >= 15 is 0 Å². The number of hydrogen-bond acceptors (Lipinski definition) is 3. The van der Waals surface area contributed by atoms with Crippen LogP contribution in [0.4, 0.5) is 11.4 Å². The maximum atomic E-state index is 12.4. The van der Waals surface area contributed by atoms with E-state index in [2.05, 4.69) is 26.2 Å². The van der Waals surface area contributed by atoms with Crippen LogP contribution < -0.4 is 10.1 Å². The predicted molar refractivity (Wildman–Crippen MR) is 117 cm³/mol. The second-order valence-corrected chi connectivity index (χ2v) is 7.85. The van der Waals surface area contributed by atoms with E-state index in [1.165, 1.54) is 0 Å². The molecule has 7 heteroatoms. The second-order valence-electron chi connectivity index (χ2n) is 6.18. The van der Waals surface area contributed by atoms with Gasteiger partial charge in [-0.2, -0.15) is 0 Å². The largest absolute Gasteiger partial charge is 0.457 e. The van der Waals surface area contributed by atoms with Crippen LogP contribution in [0.25, 0.3) is 0 Å². The molecule has 4 rings (SSSR count). The third-order valence-corrected chi connectivity index (χ3v) is 5.88. The fourth-order valence-electron chi connectivity index (χ4n) is 2.86. The minimum Gasteiger partial charge on any atom is -0.457 e. The summed E-state index contributed by atoms with van der Waals surface area (Å²) in [6.07, 6.45) is 0. The highest BCUT2D eigenvalue weighted by Crippen LogP contribution is 2.38. The van der Waals surface area contributed by atoms with Crippen LogP contribution in [0, 0.1) is 6.92 Å². The molecule has 0 bridgehead atoms. The first kappa shape index (κ1) is 19.0. The molecule has 0 aromatic heterocycles. The van der Waals surface area contributed by atoms with Gasteiger partial charge in [-0.05, 0) is 83.0 Å². The van der Waals surface area contributed by atoms with Crippen molar-refractivity contribution in [2.45, 2.75) is 6.92 Å². The molecule has 0 unspecified atom stereocenters. The number of fused-ring (bicyclic) bond motifs is 1. The highest BCUT2D eigenvalue weighted by atomic mass is 79.9. The van der Waals surface area contributed by atoms with E-state index in [0.29, 0.717) is 38.6 Å². The number of halogens is 3. The first-order valence-electron chi connectivity index (χ1n) is 8.35. The number of hydrogen-bond donors (Lipinski definition) is 1. The zero-order valence-corrected chi connectivity index (χ0v) is 17.7. The average molecular weight is 476 g/mol. The molecule has 1 aliphatic heterocycles. The Kier molecular flexibility index (Phi) is 5.15. The number of aliphatic imine (C=N–C) groups is 1. The summed E-state index contributed by atoms with van der Waals surface area (Å²) in [6.45, 7) is 1.86. The SMILES string of the molecule is Cc1c(Cl)c(Br)cc2c1NC(=O)C2=Nc1ccc(Oc2ccc(Cl)cc2)cc1. The second kappa shape index (κ2) is 7.59. The number of amides is 1. The van der Waals surface area contributed by atoms with Crippen molar-refractivity contribution in [1.82, 2.24) is 0 Å². The lowest BCUT2D eigenvalue weighted by Crippen LogP contribution is -2.13. The van der Waals surface area contributed by atoms with Gasteiger partial charge in [0.1, 0.15) is 17.2 Å². The minimum atomic E-state index is -0.256. The van der Waals surface area contributed by atoms with Crippen molar-refractivity contribution >= 4 is 62.1 Å². The highest BCUT2D eigenvalue weighted by molar-refractivity contribution is 9.10. The summed E-state index contributed by atoms with van der Waals surface area (Å²) >= 11 is 15.6. The zero-order chi connectivity index (χ0) is 19.8. The maximum Gasteiger partial charge on any atom is 0.275 e. The molecule has 1 N–H and O–H groups in total. The van der Waals surface area contributed by atoms with Gasteiger partial charge >= 0.3 is 0 Å². The number of carbonyl (C=O) groups excluding carboxylic acids is 1. The quantitative estimate of drug-likeness (QED) is 0.446. The van der Waals surface area contributed by atoms with E-state index in [0.717, 1.165) is 15.6 Å². The Morgan fingerprint density at radius 1 is 1.00 bits per heavy atom. The summed E-state index contributed by atoms with van der Waals surface area (Å²) < 4.78 is 6.50. The van der Waals surface area contributed by atoms with Crippen LogP contribution in [-0.4, -0.2) is 11.6 Å². The van der Waals surface area contributed by atoms with Gasteiger partial charge < -0.3 is 10.1 Å². The van der Waals surface area contributed by atoms with Crippen LogP contribution in [-0.2, 0) is 4.79 Å². The van der Waals surface area contributed by atoms with E-state index in [-0.39, 0.29) is 5.91 Å². The summed E-state index contributed by atoms with van der Waals surface area (Å²) in [5.41, 5.74) is 3.21. The Hall–Kier alpha value is -2.34. The first-order valence-corrected chi connectivity index (χ1v) is 9.90. The topological polar surface area (TPSA) is 50.7 Å². The Balaban J connectivity index is 1.62. The van der Waals surface area contributed by atoms with Gasteiger partial charge in [0.15, 0.2) is 0 Å². The van der Waals surface area contributed by atoms with Crippen LogP contribution in [0.1, 0.15) is 11.1 Å². The molecule has 0 aliphatic carbocycles. The lowest BCUT2D eigenvalue weighted by molar-refractivity contribution is -0.110. The van der Waals surface area contributed by atoms with Gasteiger partial charge in [0.05, 0.1) is 16.4 Å². The fourth-order valence-corrected chi connectivity index (χ4v) is 3.66. The highest BCUT2D eigenvalue weighted by Gasteiger charge is 2.29. The third kappa shape index (κ3) is 3.65. The molecule has 140 valence electrons. The lowest BCUT2D eigenvalue weighted by atomic mass is 10.1. The molecule has 28 heavy (non-hydrogen) atoms. The lowest BCUT2D eigenvalue weighted by Gasteiger charge is -2.07. The molecule has 0 spiro atoms. The van der Waals surface area contributed by atoms with Crippen LogP contribution in [0.5, 0.6) is 11.5 Å². The molecule has 0 atom stereocenters. The first-order chi connectivity index (χ1) is 13.4. The number of nitrogens with one attached hydrogen (secondary N) is 1. The number of rotatable bonds is 3. The predicted octanol–water partition coefficient (Wildman–Crippen LogP) is 6.93. The molecule has 0 fully saturated rings. The summed E-state index contributed by atoms with van der Waals surface area (Å²) in [7, 11) is 0. The Morgan fingerprint density at radius 2 is 1.61 bits per heavy atom. The van der Waals surface area contributed by atoms with E-state index < -0.39 is 0 Å². The normalized spacial score (nSPS) is 14.1. The van der Waals surface area contributed by atoms with E-state index in [4.69, 9.17) is 27.9 Å². The molecule has 1 heterocycles. The minimum absolute atomic E-state index is 0.256. The zero-order valence-electron chi connectivity index (χ0n) is 14.6. The van der Waals surface area contributed by atoms with Crippen molar-refractivity contribution in [3.05, 3.63) is 80.2 Å². The van der Waals surface area contributed by atoms with Crippen LogP contribution in [0.2, 0.25) is 10.0 Å². The van der Waals surface area contributed by atoms with Crippen molar-refractivity contribution in [1.29, 1.82) is 0 Å². The number of nitrogens with zero attached hydrogens (tertiary/aromatic N) is 1. The van der Waals surface area contributed by atoms with Crippen molar-refractivity contribution < 1.29 is 9.53 Å². The summed E-state index contributed by atoms with van der Waals surface area (Å²) in [4.78, 5) is 16.9. The summed E-state index contributed by atoms with van der Waals surface area (Å²) in [5.74, 6) is 1.09. The van der Waals surface area contributed by atoms with Gasteiger partial charge in [-0.1, -0.05) is 23.2 Å². The fraction of sp³-hybridized carbons (Fsp3) is 0.0476. The maximum absolute atomic E-state index is 12.4. The molecule has 3 aromatic rings. The van der Waals surface area contributed by atoms with Crippen molar-refractivity contribution in [3.63, 3.8) is 0 Å². The van der Waals surface area contributed by atoms with Crippen molar-refractivity contribution in [2.75, 3.05) is 5.32 Å². The van der Waals surface area contributed by atoms with E-state index in [1.807, 2.05) is 6.92 Å². The molecule has 1 amide bonds. The van der Waals surface area contributed by atoms with Gasteiger partial charge in [0.25, 0.3) is 5.91 Å². The molecule has 3 aromatic carbocycles. The van der Waals surface area contributed by atoms with Crippen molar-refractivity contribution in [3.8, 4) is 11.5 Å². The molecule has 0 radical (unpaired) electrons. The summed E-state index contributed by atoms with van der Waals surface area (Å²) in [5, 5.41) is 4.07. The van der Waals surface area contributed by atoms with Gasteiger partial charge in [0.2, 0.25) is 0 Å². The Bertz CT molecular complexity index is 1110. The van der Waals surface area contributed by atoms with Crippen LogP contribution in [0.15, 0.2) is 64.1 Å². The van der Waals surface area contributed by atoms with Gasteiger partial charge in [0, 0.05) is 15.1 Å². The van der Waals surface area contributed by atoms with Gasteiger partial charge in [-0.25, -0.2) is 4.99 Å². The molecular weight excluding hydrogens is 463 g/mol. The smallest absolute Gasteiger partial charge is 0.275 e. The third-order valence-electron chi connectivity index (χ3n) is 4.29.